The molecule has 4 rings (SSSR count). The van der Waals surface area contributed by atoms with Gasteiger partial charge in [-0.25, -0.2) is 5.06 Å². The Morgan fingerprint density at radius 2 is 2.15 bits per heavy atom. The van der Waals surface area contributed by atoms with Gasteiger partial charge in [0, 0.05) is 35.8 Å². The van der Waals surface area contributed by atoms with E-state index in [9.17, 15) is 4.79 Å². The predicted molar refractivity (Wildman–Crippen MR) is 106 cm³/mol. The number of amides is 1. The van der Waals surface area contributed by atoms with Gasteiger partial charge in [-0.15, -0.1) is 11.8 Å². The van der Waals surface area contributed by atoms with Crippen molar-refractivity contribution in [3.8, 4) is 0 Å². The second-order valence-corrected chi connectivity index (χ2v) is 8.76. The van der Waals surface area contributed by atoms with Gasteiger partial charge < -0.3 is 4.74 Å². The molecule has 1 aliphatic heterocycles. The molecule has 1 saturated heterocycles. The highest BCUT2D eigenvalue weighted by atomic mass is 32.2. The van der Waals surface area contributed by atoms with Crippen molar-refractivity contribution in [3.05, 3.63) is 24.4 Å². The smallest absolute Gasteiger partial charge is 0.270 e. The molecule has 146 valence electrons. The fraction of sp³-hybridized carbons (Fsp3) is 0.600. The van der Waals surface area contributed by atoms with Crippen molar-refractivity contribution < 1.29 is 14.4 Å². The van der Waals surface area contributed by atoms with Crippen molar-refractivity contribution in [2.45, 2.75) is 48.3 Å². The van der Waals surface area contributed by atoms with Crippen LogP contribution < -0.4 is 0 Å². The summed E-state index contributed by atoms with van der Waals surface area (Å²) in [5.74, 6) is 0.399. The molecule has 0 N–H and O–H groups in total. The number of thioether (sulfide) groups is 1. The minimum absolute atomic E-state index is 0.0609. The number of carbonyl (C=O) groups is 1. The van der Waals surface area contributed by atoms with Crippen LogP contribution in [0.2, 0.25) is 0 Å². The molecule has 2 fully saturated rings. The first-order valence-electron chi connectivity index (χ1n) is 9.69. The van der Waals surface area contributed by atoms with Gasteiger partial charge in [0.2, 0.25) is 0 Å². The molecular formula is C20H27N3O3S. The van der Waals surface area contributed by atoms with Gasteiger partial charge >= 0.3 is 0 Å². The maximum Gasteiger partial charge on any atom is 0.270 e. The summed E-state index contributed by atoms with van der Waals surface area (Å²) in [5.41, 5.74) is 1.02. The van der Waals surface area contributed by atoms with Crippen LogP contribution in [0.4, 0.5) is 0 Å². The molecule has 1 aromatic carbocycles. The van der Waals surface area contributed by atoms with E-state index in [4.69, 9.17) is 9.57 Å². The summed E-state index contributed by atoms with van der Waals surface area (Å²) in [7, 11) is 3.19. The number of fused-ring (bicyclic) bond motifs is 1. The fourth-order valence-electron chi connectivity index (χ4n) is 3.66. The summed E-state index contributed by atoms with van der Waals surface area (Å²) in [4.78, 5) is 19.5. The monoisotopic (exact) mass is 389 g/mol. The molecular weight excluding hydrogens is 362 g/mol. The molecule has 2 aromatic rings. The lowest BCUT2D eigenvalue weighted by molar-refractivity contribution is -0.173. The second kappa shape index (κ2) is 8.20. The van der Waals surface area contributed by atoms with E-state index in [1.54, 1.807) is 7.05 Å². The van der Waals surface area contributed by atoms with E-state index >= 15 is 0 Å². The molecule has 0 bridgehead atoms. The zero-order chi connectivity index (χ0) is 18.8. The fourth-order valence-corrected chi connectivity index (χ4v) is 4.84. The third kappa shape index (κ3) is 4.15. The second-order valence-electron chi connectivity index (χ2n) is 7.42. The maximum absolute atomic E-state index is 13.1. The number of ether oxygens (including phenoxy) is 1. The predicted octanol–water partition coefficient (Wildman–Crippen LogP) is 3.67. The van der Waals surface area contributed by atoms with E-state index in [2.05, 4.69) is 23.3 Å². The van der Waals surface area contributed by atoms with Gasteiger partial charge in [0.1, 0.15) is 6.04 Å². The summed E-state index contributed by atoms with van der Waals surface area (Å²) < 4.78 is 7.39. The molecule has 7 heteroatoms. The topological polar surface area (TPSA) is 56.6 Å². The molecule has 0 spiro atoms. The average Bonchev–Trinajstić information content (AvgIpc) is 3.42. The van der Waals surface area contributed by atoms with Crippen LogP contribution in [-0.4, -0.2) is 53.4 Å². The van der Waals surface area contributed by atoms with E-state index in [0.717, 1.165) is 48.6 Å². The van der Waals surface area contributed by atoms with E-state index in [1.165, 1.54) is 29.9 Å². The summed E-state index contributed by atoms with van der Waals surface area (Å²) >= 11 is 1.93. The maximum atomic E-state index is 13.1. The van der Waals surface area contributed by atoms with Gasteiger partial charge in [0.15, 0.2) is 0 Å². The summed E-state index contributed by atoms with van der Waals surface area (Å²) in [6.07, 6.45) is 7.23. The molecule has 1 atom stereocenters. The number of carbonyl (C=O) groups excluding carboxylic acids is 1. The SMILES string of the molecule is CON(C)C(=O)C(CC1CCOCC1)n1ncc2c(SC3CC3)cccc21. The zero-order valence-corrected chi connectivity index (χ0v) is 16.8. The van der Waals surface area contributed by atoms with E-state index in [1.807, 2.05) is 22.6 Å². The van der Waals surface area contributed by atoms with E-state index < -0.39 is 0 Å². The van der Waals surface area contributed by atoms with Crippen LogP contribution in [0.3, 0.4) is 0 Å². The third-order valence-electron chi connectivity index (χ3n) is 5.48. The van der Waals surface area contributed by atoms with Crippen LogP contribution in [-0.2, 0) is 14.4 Å². The lowest BCUT2D eigenvalue weighted by atomic mass is 9.92. The van der Waals surface area contributed by atoms with Crippen LogP contribution in [0.15, 0.2) is 29.3 Å². The number of nitrogens with zero attached hydrogens (tertiary/aromatic N) is 3. The lowest BCUT2D eigenvalue weighted by Gasteiger charge is -2.28. The van der Waals surface area contributed by atoms with Gasteiger partial charge in [0.05, 0.1) is 18.8 Å². The van der Waals surface area contributed by atoms with Gasteiger partial charge in [-0.2, -0.15) is 5.10 Å². The molecule has 1 saturated carbocycles. The van der Waals surface area contributed by atoms with Crippen molar-refractivity contribution in [1.82, 2.24) is 14.8 Å². The molecule has 1 aliphatic carbocycles. The standard InChI is InChI=1S/C20H27N3O3S/c1-22(25-2)20(24)18(12-14-8-10-26-11-9-14)23-17-4-3-5-19(16(17)13-21-23)27-15-6-7-15/h3-5,13-15,18H,6-12H2,1-2H3. The number of hydrogen-bond donors (Lipinski definition) is 0. The normalized spacial score (nSPS) is 19.3. The first-order valence-corrected chi connectivity index (χ1v) is 10.6. The number of hydrogen-bond acceptors (Lipinski definition) is 5. The van der Waals surface area contributed by atoms with Crippen LogP contribution >= 0.6 is 11.8 Å². The van der Waals surface area contributed by atoms with Gasteiger partial charge in [0.25, 0.3) is 5.91 Å². The summed E-state index contributed by atoms with van der Waals surface area (Å²) in [5, 5.41) is 7.85. The number of hydroxylamine groups is 2. The Bertz CT molecular complexity index is 799. The highest BCUT2D eigenvalue weighted by molar-refractivity contribution is 8.00. The molecule has 1 aromatic heterocycles. The Labute approximate surface area is 164 Å². The van der Waals surface area contributed by atoms with Crippen LogP contribution in [0.5, 0.6) is 0 Å². The van der Waals surface area contributed by atoms with Crippen LogP contribution in [0.1, 0.15) is 38.1 Å². The first-order chi connectivity index (χ1) is 13.2. The van der Waals surface area contributed by atoms with Gasteiger partial charge in [-0.3, -0.25) is 14.3 Å². The minimum Gasteiger partial charge on any atom is -0.381 e. The first kappa shape index (κ1) is 18.8. The van der Waals surface area contributed by atoms with Crippen LogP contribution in [0, 0.1) is 5.92 Å². The van der Waals surface area contributed by atoms with Crippen molar-refractivity contribution in [2.24, 2.45) is 5.92 Å². The molecule has 1 unspecified atom stereocenters. The van der Waals surface area contributed by atoms with Crippen molar-refractivity contribution in [3.63, 3.8) is 0 Å². The highest BCUT2D eigenvalue weighted by Crippen LogP contribution is 2.42. The number of rotatable bonds is 7. The highest BCUT2D eigenvalue weighted by Gasteiger charge is 2.31. The van der Waals surface area contributed by atoms with Gasteiger partial charge in [-0.05, 0) is 50.2 Å². The molecule has 2 heterocycles. The average molecular weight is 390 g/mol. The Kier molecular flexibility index (Phi) is 5.71. The van der Waals surface area contributed by atoms with Crippen molar-refractivity contribution in [1.29, 1.82) is 0 Å². The lowest BCUT2D eigenvalue weighted by Crippen LogP contribution is -2.36. The largest absolute Gasteiger partial charge is 0.381 e. The van der Waals surface area contributed by atoms with Gasteiger partial charge in [-0.1, -0.05) is 6.07 Å². The summed E-state index contributed by atoms with van der Waals surface area (Å²) in [6.45, 7) is 1.54. The Morgan fingerprint density at radius 1 is 1.37 bits per heavy atom. The number of aromatic nitrogens is 2. The van der Waals surface area contributed by atoms with Crippen molar-refractivity contribution in [2.75, 3.05) is 27.4 Å². The molecule has 2 aliphatic rings. The molecule has 1 amide bonds. The summed E-state index contributed by atoms with van der Waals surface area (Å²) in [6, 6.07) is 5.93. The number of benzene rings is 1. The Morgan fingerprint density at radius 3 is 2.85 bits per heavy atom. The zero-order valence-electron chi connectivity index (χ0n) is 16.0. The molecule has 0 radical (unpaired) electrons. The molecule has 27 heavy (non-hydrogen) atoms. The Hall–Kier alpha value is -1.57. The number of likely N-dealkylation sites (N-methyl/N-ethyl adjacent to an activating group) is 1. The quantitative estimate of drug-likeness (QED) is 0.677. The molecule has 6 nitrogen and oxygen atoms in total. The van der Waals surface area contributed by atoms with E-state index in [-0.39, 0.29) is 11.9 Å². The Balaban J connectivity index is 1.66. The minimum atomic E-state index is -0.364. The van der Waals surface area contributed by atoms with E-state index in [0.29, 0.717) is 5.92 Å². The van der Waals surface area contributed by atoms with Crippen molar-refractivity contribution >= 4 is 28.6 Å². The third-order valence-corrected chi connectivity index (χ3v) is 6.90. The van der Waals surface area contributed by atoms with Crippen LogP contribution in [0.25, 0.3) is 10.9 Å².